The van der Waals surface area contributed by atoms with Gasteiger partial charge in [0.25, 0.3) is 0 Å². The zero-order valence-electron chi connectivity index (χ0n) is 20.9. The van der Waals surface area contributed by atoms with E-state index in [1.54, 1.807) is 39.0 Å². The van der Waals surface area contributed by atoms with Gasteiger partial charge >= 0.3 is 5.97 Å². The SMILES string of the molecule is CC(C)(C)C(=O)COC(=O)c1cccc(N2C(=O)[C@@H]3C4c5ccccc5C(c5ccccc54)[C@H]3C2=O)c1. The molecule has 2 amide bonds. The minimum Gasteiger partial charge on any atom is -0.454 e. The molecule has 0 saturated carbocycles. The number of hydrogen-bond acceptors (Lipinski definition) is 5. The third kappa shape index (κ3) is 3.46. The zero-order valence-corrected chi connectivity index (χ0v) is 20.9. The predicted molar refractivity (Wildman–Crippen MR) is 137 cm³/mol. The molecule has 6 heteroatoms. The number of hydrogen-bond donors (Lipinski definition) is 0. The molecule has 3 aliphatic carbocycles. The molecule has 1 fully saturated rings. The van der Waals surface area contributed by atoms with Gasteiger partial charge in [-0.2, -0.15) is 0 Å². The van der Waals surface area contributed by atoms with Crippen LogP contribution in [0.3, 0.4) is 0 Å². The molecule has 3 aromatic carbocycles. The first-order valence-electron chi connectivity index (χ1n) is 12.5. The number of carbonyl (C=O) groups excluding carboxylic acids is 4. The molecule has 0 radical (unpaired) electrons. The standard InChI is InChI=1S/C31H27NO5/c1-31(2,3)23(33)16-37-30(36)17-9-8-10-18(15-17)32-28(34)26-24-19-11-4-5-12-20(19)25(27(26)29(32)35)22-14-7-6-13-21(22)24/h4-15,24-27H,16H2,1-3H3/t24?,25?,26-,27-/m1/s1. The van der Waals surface area contributed by atoms with Crippen LogP contribution >= 0.6 is 0 Å². The molecule has 0 aromatic heterocycles. The van der Waals surface area contributed by atoms with Crippen LogP contribution in [0.5, 0.6) is 0 Å². The third-order valence-electron chi connectivity index (χ3n) is 7.96. The van der Waals surface area contributed by atoms with Crippen LogP contribution in [0.15, 0.2) is 72.8 Å². The van der Waals surface area contributed by atoms with E-state index in [0.29, 0.717) is 5.69 Å². The van der Waals surface area contributed by atoms with Crippen LogP contribution in [0.1, 0.15) is 65.2 Å². The smallest absolute Gasteiger partial charge is 0.338 e. The fourth-order valence-corrected chi connectivity index (χ4v) is 6.13. The average molecular weight is 494 g/mol. The fraction of sp³-hybridized carbons (Fsp3) is 0.290. The lowest BCUT2D eigenvalue weighted by Crippen LogP contribution is -2.41. The van der Waals surface area contributed by atoms with E-state index in [9.17, 15) is 19.2 Å². The monoisotopic (exact) mass is 493 g/mol. The van der Waals surface area contributed by atoms with Crippen LogP contribution in [0.25, 0.3) is 0 Å². The maximum absolute atomic E-state index is 13.9. The van der Waals surface area contributed by atoms with Gasteiger partial charge < -0.3 is 4.74 Å². The number of imide groups is 1. The van der Waals surface area contributed by atoms with Crippen molar-refractivity contribution in [2.45, 2.75) is 32.6 Å². The van der Waals surface area contributed by atoms with Gasteiger partial charge in [0.2, 0.25) is 11.8 Å². The molecular weight excluding hydrogens is 466 g/mol. The van der Waals surface area contributed by atoms with Crippen molar-refractivity contribution in [3.8, 4) is 0 Å². The highest BCUT2D eigenvalue weighted by molar-refractivity contribution is 6.23. The number of ketones is 1. The Labute approximate surface area is 215 Å². The summed E-state index contributed by atoms with van der Waals surface area (Å²) in [5, 5.41) is 0. The lowest BCUT2D eigenvalue weighted by Gasteiger charge is -2.45. The number of anilines is 1. The Morgan fingerprint density at radius 3 is 1.70 bits per heavy atom. The quantitative estimate of drug-likeness (QED) is 0.383. The number of Topliss-reactive ketones (excluding diaryl/α,β-unsaturated/α-hetero) is 1. The Hall–Kier alpha value is -4.06. The normalized spacial score (nSPS) is 23.4. The van der Waals surface area contributed by atoms with E-state index in [0.717, 1.165) is 22.3 Å². The molecule has 0 N–H and O–H groups in total. The number of amides is 2. The number of rotatable bonds is 4. The Morgan fingerprint density at radius 2 is 1.24 bits per heavy atom. The van der Waals surface area contributed by atoms with Gasteiger partial charge in [-0.1, -0.05) is 75.4 Å². The van der Waals surface area contributed by atoms with Crippen molar-refractivity contribution in [3.05, 3.63) is 101 Å². The summed E-state index contributed by atoms with van der Waals surface area (Å²) in [6.45, 7) is 4.95. The predicted octanol–water partition coefficient (Wildman–Crippen LogP) is 4.86. The number of ether oxygens (including phenoxy) is 1. The van der Waals surface area contributed by atoms with Gasteiger partial charge in [0.1, 0.15) is 0 Å². The van der Waals surface area contributed by atoms with Crippen molar-refractivity contribution in [2.75, 3.05) is 11.5 Å². The Morgan fingerprint density at radius 1 is 0.757 bits per heavy atom. The molecule has 186 valence electrons. The number of benzene rings is 3. The topological polar surface area (TPSA) is 80.8 Å². The summed E-state index contributed by atoms with van der Waals surface area (Å²) in [5.41, 5.74) is 4.33. The van der Waals surface area contributed by atoms with Gasteiger partial charge in [-0.05, 0) is 40.5 Å². The third-order valence-corrected chi connectivity index (χ3v) is 7.96. The molecular formula is C31H27NO5. The van der Waals surface area contributed by atoms with E-state index in [-0.39, 0.29) is 41.6 Å². The van der Waals surface area contributed by atoms with Gasteiger partial charge in [-0.15, -0.1) is 0 Å². The summed E-state index contributed by atoms with van der Waals surface area (Å²) >= 11 is 0. The van der Waals surface area contributed by atoms with Crippen molar-refractivity contribution < 1.29 is 23.9 Å². The van der Waals surface area contributed by atoms with Gasteiger partial charge in [0, 0.05) is 17.3 Å². The first-order valence-corrected chi connectivity index (χ1v) is 12.5. The molecule has 3 aromatic rings. The lowest BCUT2D eigenvalue weighted by atomic mass is 9.55. The van der Waals surface area contributed by atoms with Gasteiger partial charge in [-0.3, -0.25) is 14.4 Å². The van der Waals surface area contributed by atoms with E-state index in [1.807, 2.05) is 24.3 Å². The highest BCUT2D eigenvalue weighted by Gasteiger charge is 2.61. The summed E-state index contributed by atoms with van der Waals surface area (Å²) in [5.74, 6) is -2.74. The maximum atomic E-state index is 13.9. The molecule has 4 aliphatic rings. The molecule has 37 heavy (non-hydrogen) atoms. The lowest BCUT2D eigenvalue weighted by molar-refractivity contribution is -0.129. The first kappa shape index (κ1) is 23.3. The van der Waals surface area contributed by atoms with Crippen LogP contribution < -0.4 is 4.90 Å². The zero-order chi connectivity index (χ0) is 26.1. The van der Waals surface area contributed by atoms with E-state index in [1.165, 1.54) is 11.0 Å². The Bertz CT molecular complexity index is 1370. The minimum atomic E-state index is -0.671. The average Bonchev–Trinajstić information content (AvgIpc) is 3.16. The van der Waals surface area contributed by atoms with Crippen molar-refractivity contribution in [1.29, 1.82) is 0 Å². The summed E-state index contributed by atoms with van der Waals surface area (Å²) in [6.07, 6.45) is 0. The summed E-state index contributed by atoms with van der Waals surface area (Å²) in [6, 6.07) is 22.5. The van der Waals surface area contributed by atoms with Gasteiger partial charge in [-0.25, -0.2) is 9.69 Å². The van der Waals surface area contributed by atoms with Crippen molar-refractivity contribution in [2.24, 2.45) is 17.3 Å². The number of carbonyl (C=O) groups is 4. The maximum Gasteiger partial charge on any atom is 0.338 e. The van der Waals surface area contributed by atoms with Crippen molar-refractivity contribution in [1.82, 2.24) is 0 Å². The van der Waals surface area contributed by atoms with E-state index >= 15 is 0 Å². The molecule has 1 heterocycles. The van der Waals surface area contributed by atoms with Crippen molar-refractivity contribution in [3.63, 3.8) is 0 Å². The summed E-state index contributed by atoms with van der Waals surface area (Å²) in [4.78, 5) is 54.0. The second-order valence-corrected chi connectivity index (χ2v) is 11.1. The summed E-state index contributed by atoms with van der Waals surface area (Å²) in [7, 11) is 0. The first-order chi connectivity index (χ1) is 17.7. The largest absolute Gasteiger partial charge is 0.454 e. The molecule has 0 unspecified atom stereocenters. The highest BCUT2D eigenvalue weighted by atomic mass is 16.5. The molecule has 0 spiro atoms. The van der Waals surface area contributed by atoms with E-state index in [2.05, 4.69) is 24.3 Å². The fourth-order valence-electron chi connectivity index (χ4n) is 6.13. The van der Waals surface area contributed by atoms with E-state index < -0.39 is 23.2 Å². The Kier molecular flexibility index (Phi) is 5.19. The molecule has 1 aliphatic heterocycles. The van der Waals surface area contributed by atoms with Crippen LogP contribution in [-0.4, -0.2) is 30.2 Å². The van der Waals surface area contributed by atoms with Crippen LogP contribution in [0.2, 0.25) is 0 Å². The highest BCUT2D eigenvalue weighted by Crippen LogP contribution is 2.61. The minimum absolute atomic E-state index is 0.184. The van der Waals surface area contributed by atoms with Gasteiger partial charge in [0.15, 0.2) is 12.4 Å². The van der Waals surface area contributed by atoms with Crippen LogP contribution in [-0.2, 0) is 19.1 Å². The second-order valence-electron chi connectivity index (χ2n) is 11.1. The second kappa shape index (κ2) is 8.23. The molecule has 1 saturated heterocycles. The van der Waals surface area contributed by atoms with Crippen molar-refractivity contribution >= 4 is 29.3 Å². The number of nitrogens with zero attached hydrogens (tertiary/aromatic N) is 1. The molecule has 6 nitrogen and oxygen atoms in total. The van der Waals surface area contributed by atoms with Crippen LogP contribution in [0.4, 0.5) is 5.69 Å². The van der Waals surface area contributed by atoms with Crippen LogP contribution in [0, 0.1) is 17.3 Å². The number of esters is 1. The van der Waals surface area contributed by atoms with E-state index in [4.69, 9.17) is 4.74 Å². The van der Waals surface area contributed by atoms with Gasteiger partial charge in [0.05, 0.1) is 23.1 Å². The summed E-state index contributed by atoms with van der Waals surface area (Å²) < 4.78 is 5.23. The molecule has 2 bridgehead atoms. The Balaban J connectivity index is 1.34. The molecule has 2 atom stereocenters. The molecule has 7 rings (SSSR count).